The second-order valence-corrected chi connectivity index (χ2v) is 6.66. The molecule has 2 aromatic carbocycles. The predicted molar refractivity (Wildman–Crippen MR) is 109 cm³/mol. The van der Waals surface area contributed by atoms with Crippen LogP contribution in [0.5, 0.6) is 5.75 Å². The molecule has 0 unspecified atom stereocenters. The highest BCUT2D eigenvalue weighted by molar-refractivity contribution is 5.89. The molecule has 7 nitrogen and oxygen atoms in total. The first kappa shape index (κ1) is 21.2. The standard InChI is InChI=1S/C21H26N2O5/c1-2-3-4-5-6-7-12-28-20-14-18(22)17(13-19(20)23(26)27)15-8-10-16(11-9-15)21(24)25/h8-11,13-14H,2-7,12,22H2,1H3,(H,24,25). The number of hydrogen-bond donors (Lipinski definition) is 2. The van der Waals surface area contributed by atoms with E-state index in [-0.39, 0.29) is 17.0 Å². The van der Waals surface area contributed by atoms with Gasteiger partial charge in [-0.25, -0.2) is 4.79 Å². The van der Waals surface area contributed by atoms with Crippen molar-refractivity contribution in [3.8, 4) is 16.9 Å². The Balaban J connectivity index is 2.12. The largest absolute Gasteiger partial charge is 0.487 e. The lowest BCUT2D eigenvalue weighted by Gasteiger charge is -2.11. The predicted octanol–water partition coefficient (Wildman–Crippen LogP) is 5.28. The molecule has 2 rings (SSSR count). The molecule has 0 fully saturated rings. The Kier molecular flexibility index (Phi) is 7.80. The van der Waals surface area contributed by atoms with Gasteiger partial charge in [0.15, 0.2) is 5.75 Å². The molecule has 0 aliphatic rings. The number of nitrogens with two attached hydrogens (primary N) is 1. The smallest absolute Gasteiger partial charge is 0.335 e. The molecular weight excluding hydrogens is 360 g/mol. The number of unbranched alkanes of at least 4 members (excludes halogenated alkanes) is 5. The average molecular weight is 386 g/mol. The van der Waals surface area contributed by atoms with E-state index in [4.69, 9.17) is 15.6 Å². The van der Waals surface area contributed by atoms with Crippen molar-refractivity contribution in [2.45, 2.75) is 45.4 Å². The Morgan fingerprint density at radius 1 is 1.11 bits per heavy atom. The van der Waals surface area contributed by atoms with Crippen LogP contribution in [0.3, 0.4) is 0 Å². The first-order valence-electron chi connectivity index (χ1n) is 9.48. The summed E-state index contributed by atoms with van der Waals surface area (Å²) >= 11 is 0. The number of nitro groups is 1. The third-order valence-electron chi connectivity index (χ3n) is 4.53. The van der Waals surface area contributed by atoms with Gasteiger partial charge in [0.25, 0.3) is 0 Å². The van der Waals surface area contributed by atoms with Crippen LogP contribution >= 0.6 is 0 Å². The minimum atomic E-state index is -1.04. The molecule has 0 bridgehead atoms. The molecule has 0 aliphatic carbocycles. The van der Waals surface area contributed by atoms with Crippen molar-refractivity contribution in [1.82, 2.24) is 0 Å². The number of nitrogen functional groups attached to an aromatic ring is 1. The first-order valence-corrected chi connectivity index (χ1v) is 9.48. The van der Waals surface area contributed by atoms with E-state index in [2.05, 4.69) is 6.92 Å². The van der Waals surface area contributed by atoms with Gasteiger partial charge in [-0.15, -0.1) is 0 Å². The van der Waals surface area contributed by atoms with Crippen molar-refractivity contribution in [1.29, 1.82) is 0 Å². The van der Waals surface area contributed by atoms with Crippen LogP contribution in [0, 0.1) is 10.1 Å². The zero-order valence-electron chi connectivity index (χ0n) is 16.0. The number of nitro benzene ring substituents is 1. The van der Waals surface area contributed by atoms with Crippen LogP contribution in [0.15, 0.2) is 36.4 Å². The molecule has 150 valence electrons. The van der Waals surface area contributed by atoms with Gasteiger partial charge in [0.05, 0.1) is 17.1 Å². The van der Waals surface area contributed by atoms with E-state index < -0.39 is 10.9 Å². The molecular formula is C21H26N2O5. The number of nitrogens with zero attached hydrogens (tertiary/aromatic N) is 1. The Morgan fingerprint density at radius 3 is 2.36 bits per heavy atom. The summed E-state index contributed by atoms with van der Waals surface area (Å²) in [4.78, 5) is 22.0. The van der Waals surface area contributed by atoms with Crippen molar-refractivity contribution in [2.75, 3.05) is 12.3 Å². The Morgan fingerprint density at radius 2 is 1.75 bits per heavy atom. The maximum Gasteiger partial charge on any atom is 0.335 e. The van der Waals surface area contributed by atoms with E-state index in [1.165, 1.54) is 43.5 Å². The van der Waals surface area contributed by atoms with Crippen LogP contribution in [0.2, 0.25) is 0 Å². The molecule has 28 heavy (non-hydrogen) atoms. The third-order valence-corrected chi connectivity index (χ3v) is 4.53. The van der Waals surface area contributed by atoms with Gasteiger partial charge in [-0.05, 0) is 24.1 Å². The lowest BCUT2D eigenvalue weighted by atomic mass is 10.0. The number of hydrogen-bond acceptors (Lipinski definition) is 5. The molecule has 7 heteroatoms. The highest BCUT2D eigenvalue weighted by Gasteiger charge is 2.19. The van der Waals surface area contributed by atoms with Crippen molar-refractivity contribution in [3.05, 3.63) is 52.1 Å². The number of rotatable bonds is 11. The number of carboxylic acid groups (broad SMARTS) is 1. The van der Waals surface area contributed by atoms with E-state index in [0.29, 0.717) is 23.4 Å². The summed E-state index contributed by atoms with van der Waals surface area (Å²) < 4.78 is 5.63. The van der Waals surface area contributed by atoms with E-state index in [0.717, 1.165) is 19.3 Å². The minimum absolute atomic E-state index is 0.135. The van der Waals surface area contributed by atoms with E-state index in [1.54, 1.807) is 12.1 Å². The summed E-state index contributed by atoms with van der Waals surface area (Å²) in [6.45, 7) is 2.57. The van der Waals surface area contributed by atoms with Crippen LogP contribution in [0.25, 0.3) is 11.1 Å². The van der Waals surface area contributed by atoms with Gasteiger partial charge in [-0.3, -0.25) is 10.1 Å². The highest BCUT2D eigenvalue weighted by atomic mass is 16.6. The quantitative estimate of drug-likeness (QED) is 0.235. The van der Waals surface area contributed by atoms with Crippen LogP contribution in [0.1, 0.15) is 55.8 Å². The van der Waals surface area contributed by atoms with E-state index in [9.17, 15) is 14.9 Å². The Bertz CT molecular complexity index is 818. The molecule has 0 saturated heterocycles. The highest BCUT2D eigenvalue weighted by Crippen LogP contribution is 2.37. The maximum absolute atomic E-state index is 11.5. The lowest BCUT2D eigenvalue weighted by Crippen LogP contribution is -2.03. The van der Waals surface area contributed by atoms with Crippen molar-refractivity contribution < 1.29 is 19.6 Å². The Labute approximate surface area is 164 Å². The molecule has 0 spiro atoms. The molecule has 0 saturated carbocycles. The number of carbonyl (C=O) groups is 1. The van der Waals surface area contributed by atoms with Crippen molar-refractivity contribution in [2.24, 2.45) is 0 Å². The van der Waals surface area contributed by atoms with Gasteiger partial charge in [-0.2, -0.15) is 0 Å². The SMILES string of the molecule is CCCCCCCCOc1cc(N)c(-c2ccc(C(=O)O)cc2)cc1[N+](=O)[O-]. The monoisotopic (exact) mass is 386 g/mol. The summed E-state index contributed by atoms with van der Waals surface area (Å²) in [6, 6.07) is 8.88. The van der Waals surface area contributed by atoms with Crippen molar-refractivity contribution in [3.63, 3.8) is 0 Å². The number of ether oxygens (including phenoxy) is 1. The topological polar surface area (TPSA) is 116 Å². The average Bonchev–Trinajstić information content (AvgIpc) is 2.67. The molecule has 0 heterocycles. The number of anilines is 1. The normalized spacial score (nSPS) is 10.6. The summed E-state index contributed by atoms with van der Waals surface area (Å²) in [6.07, 6.45) is 6.59. The third kappa shape index (κ3) is 5.70. The molecule has 3 N–H and O–H groups in total. The van der Waals surface area contributed by atoms with Gasteiger partial charge in [0, 0.05) is 23.4 Å². The number of carboxylic acids is 1. The fraction of sp³-hybridized carbons (Fsp3) is 0.381. The molecule has 0 radical (unpaired) electrons. The summed E-state index contributed by atoms with van der Waals surface area (Å²) in [5.41, 5.74) is 7.48. The number of aromatic carboxylic acids is 1. The zero-order chi connectivity index (χ0) is 20.5. The van der Waals surface area contributed by atoms with Gasteiger partial charge in [0.2, 0.25) is 0 Å². The van der Waals surface area contributed by atoms with Gasteiger partial charge in [0.1, 0.15) is 0 Å². The minimum Gasteiger partial charge on any atom is -0.487 e. The van der Waals surface area contributed by atoms with Crippen LogP contribution < -0.4 is 10.5 Å². The summed E-state index contributed by atoms with van der Waals surface area (Å²) in [5, 5.41) is 20.5. The van der Waals surface area contributed by atoms with Gasteiger partial charge < -0.3 is 15.6 Å². The molecule has 0 aliphatic heterocycles. The van der Waals surface area contributed by atoms with Crippen LogP contribution in [-0.2, 0) is 0 Å². The first-order chi connectivity index (χ1) is 13.4. The maximum atomic E-state index is 11.5. The van der Waals surface area contributed by atoms with Crippen molar-refractivity contribution >= 4 is 17.3 Å². The number of benzene rings is 2. The Hall–Kier alpha value is -3.09. The van der Waals surface area contributed by atoms with Gasteiger partial charge >= 0.3 is 11.7 Å². The molecule has 0 atom stereocenters. The van der Waals surface area contributed by atoms with E-state index in [1.807, 2.05) is 0 Å². The fourth-order valence-electron chi connectivity index (χ4n) is 2.95. The fourth-order valence-corrected chi connectivity index (χ4v) is 2.95. The molecule has 2 aromatic rings. The van der Waals surface area contributed by atoms with E-state index >= 15 is 0 Å². The van der Waals surface area contributed by atoms with Crippen LogP contribution in [0.4, 0.5) is 11.4 Å². The van der Waals surface area contributed by atoms with Crippen LogP contribution in [-0.4, -0.2) is 22.6 Å². The van der Waals surface area contributed by atoms with Gasteiger partial charge in [-0.1, -0.05) is 51.2 Å². The summed E-state index contributed by atoms with van der Waals surface area (Å²) in [7, 11) is 0. The molecule has 0 amide bonds. The second kappa shape index (κ2) is 10.3. The second-order valence-electron chi connectivity index (χ2n) is 6.66. The summed E-state index contributed by atoms with van der Waals surface area (Å²) in [5.74, 6) is -0.883. The lowest BCUT2D eigenvalue weighted by molar-refractivity contribution is -0.385. The molecule has 0 aromatic heterocycles. The zero-order valence-corrected chi connectivity index (χ0v) is 16.0.